The number of halogens is 1. The van der Waals surface area contributed by atoms with Gasteiger partial charge < -0.3 is 0 Å². The van der Waals surface area contributed by atoms with E-state index in [4.69, 9.17) is 0 Å². The molecule has 0 aliphatic carbocycles. The van der Waals surface area contributed by atoms with Crippen LogP contribution in [0.5, 0.6) is 0 Å². The molecule has 0 fully saturated rings. The average Bonchev–Trinajstić information content (AvgIpc) is 2.68. The second-order valence-corrected chi connectivity index (χ2v) is 26.4. The van der Waals surface area contributed by atoms with Gasteiger partial charge in [0.15, 0.2) is 0 Å². The molecule has 0 heterocycles. The van der Waals surface area contributed by atoms with Crippen molar-refractivity contribution in [3.63, 3.8) is 0 Å². The molecule has 0 saturated heterocycles. The summed E-state index contributed by atoms with van der Waals surface area (Å²) >= 11 is -4.36. The van der Waals surface area contributed by atoms with Crippen LogP contribution in [0.1, 0.15) is 16.7 Å². The Morgan fingerprint density at radius 1 is 0.455 bits per heavy atom. The van der Waals surface area contributed by atoms with Crippen LogP contribution >= 0.6 is 22.3 Å². The van der Waals surface area contributed by atoms with Crippen LogP contribution in [0, 0.1) is 20.8 Å². The third-order valence-electron chi connectivity index (χ3n) is 4.28. The molecule has 3 aromatic carbocycles. The Kier molecular flexibility index (Phi) is 10.1. The number of hydrogen-bond donors (Lipinski definition) is 0. The summed E-state index contributed by atoms with van der Waals surface area (Å²) in [6.45, 7) is 5.24. The predicted molar refractivity (Wildman–Crippen MR) is 133 cm³/mol. The minimum atomic E-state index is -4.71. The van der Waals surface area contributed by atoms with Crippen LogP contribution in [-0.4, -0.2) is 25.3 Å². The normalized spacial score (nSPS) is 12.3. The molecule has 12 heteroatoms. The summed E-state index contributed by atoms with van der Waals surface area (Å²) in [7, 11) is -14.1. The molecule has 0 amide bonds. The van der Waals surface area contributed by atoms with Crippen molar-refractivity contribution in [2.24, 2.45) is 0 Å². The van der Waals surface area contributed by atoms with Gasteiger partial charge in [0.25, 0.3) is 0 Å². The first-order valence-corrected chi connectivity index (χ1v) is 18.7. The summed E-state index contributed by atoms with van der Waals surface area (Å²) in [6.07, 6.45) is 0. The van der Waals surface area contributed by atoms with Gasteiger partial charge in [0.2, 0.25) is 0 Å². The molecular formula is C21H25ClO6PPdS3. The van der Waals surface area contributed by atoms with Crippen LogP contribution in [0.3, 0.4) is 0 Å². The molecule has 0 bridgehead atoms. The summed E-state index contributed by atoms with van der Waals surface area (Å²) in [4.78, 5) is -0.985. The Morgan fingerprint density at radius 2 is 0.636 bits per heavy atom. The fourth-order valence-electron chi connectivity index (χ4n) is 2.53. The second-order valence-electron chi connectivity index (χ2n) is 6.81. The molecule has 1 unspecified atom stereocenters. The standard InChI is InChI=1S/3C7H7O2S.ClH.H3P.Pd/c3*1-6-2-4-7(5-3-6)10(8)9;;;/h3*2-5H,1H3;1H;1H3;. The van der Waals surface area contributed by atoms with E-state index in [0.717, 1.165) is 16.7 Å². The van der Waals surface area contributed by atoms with E-state index in [-0.39, 0.29) is 37.0 Å². The molecule has 6 nitrogen and oxygen atoms in total. The second kappa shape index (κ2) is 11.1. The third kappa shape index (κ3) is 6.12. The molecule has 33 heavy (non-hydrogen) atoms. The van der Waals surface area contributed by atoms with Crippen molar-refractivity contribution in [2.45, 2.75) is 35.5 Å². The fraction of sp³-hybridized carbons (Fsp3) is 0.143. The minimum Gasteiger partial charge on any atom is -0.153 e. The molecule has 3 rings (SSSR count). The first-order valence-electron chi connectivity index (χ1n) is 8.96. The van der Waals surface area contributed by atoms with E-state index >= 15 is 0 Å². The Labute approximate surface area is 207 Å². The van der Waals surface area contributed by atoms with E-state index in [9.17, 15) is 25.3 Å². The van der Waals surface area contributed by atoms with Gasteiger partial charge in [-0.25, -0.2) is 0 Å². The van der Waals surface area contributed by atoms with E-state index in [0.29, 0.717) is 0 Å². The smallest absolute Gasteiger partial charge is 0.147 e. The van der Waals surface area contributed by atoms with E-state index in [2.05, 4.69) is 0 Å². The SMILES string of the molecule is Cc1ccc([S](=O)(=O)[Pd]([S](=O)(=O)c2ccc(C)cc2)[S](=O)(=O)c2ccc(C)cc2)cc1.Cl.P. The Bertz CT molecular complexity index is 1240. The predicted octanol–water partition coefficient (Wildman–Crippen LogP) is 4.18. The van der Waals surface area contributed by atoms with Gasteiger partial charge >= 0.3 is 186 Å². The maximum atomic E-state index is 13.5. The summed E-state index contributed by atoms with van der Waals surface area (Å²) in [5.41, 5.74) is 2.28. The maximum absolute atomic E-state index is 13.5. The van der Waals surface area contributed by atoms with Crippen molar-refractivity contribution < 1.29 is 38.3 Å². The molecule has 3 aromatic rings. The monoisotopic (exact) mass is 641 g/mol. The average molecular weight is 642 g/mol. The molecule has 185 valence electrons. The Balaban J connectivity index is 0.00000272. The summed E-state index contributed by atoms with van der Waals surface area (Å²) in [6, 6.07) is 16.5. The largest absolute Gasteiger partial charge is 0.153 e. The maximum Gasteiger partial charge on any atom is -0.147 e. The van der Waals surface area contributed by atoms with Gasteiger partial charge in [-0.2, -0.15) is 9.90 Å². The first-order chi connectivity index (χ1) is 14.4. The van der Waals surface area contributed by atoms with Crippen molar-refractivity contribution in [1.29, 1.82) is 0 Å². The zero-order valence-electron chi connectivity index (χ0n) is 18.0. The van der Waals surface area contributed by atoms with Crippen molar-refractivity contribution in [2.75, 3.05) is 0 Å². The minimum absolute atomic E-state index is 0. The van der Waals surface area contributed by atoms with Crippen LogP contribution in [0.2, 0.25) is 0 Å². The number of aryl methyl sites for hydroxylation is 3. The van der Waals surface area contributed by atoms with Crippen molar-refractivity contribution >= 4 is 45.3 Å². The molecule has 0 saturated carbocycles. The van der Waals surface area contributed by atoms with Crippen molar-refractivity contribution in [1.82, 2.24) is 0 Å². The zero-order valence-corrected chi connectivity index (χ0v) is 24.3. The molecule has 0 aliphatic heterocycles. The van der Waals surface area contributed by atoms with E-state index in [1.165, 1.54) is 72.8 Å². The zero-order chi connectivity index (χ0) is 23.0. The molecule has 0 N–H and O–H groups in total. The summed E-state index contributed by atoms with van der Waals surface area (Å²) < 4.78 is 81.1. The molecule has 0 spiro atoms. The molecule has 1 atom stereocenters. The summed E-state index contributed by atoms with van der Waals surface area (Å²) in [5, 5.41) is 0. The van der Waals surface area contributed by atoms with Crippen LogP contribution in [0.4, 0.5) is 0 Å². The molecule has 0 radical (unpaired) electrons. The van der Waals surface area contributed by atoms with Crippen molar-refractivity contribution in [3.8, 4) is 0 Å². The van der Waals surface area contributed by atoms with E-state index < -0.39 is 36.0 Å². The van der Waals surface area contributed by atoms with Crippen LogP contribution < -0.4 is 0 Å². The van der Waals surface area contributed by atoms with Crippen LogP contribution in [-0.2, 0) is 36.0 Å². The Hall–Kier alpha value is -1.11. The van der Waals surface area contributed by atoms with Crippen LogP contribution in [0.15, 0.2) is 87.5 Å². The molecular weight excluding hydrogens is 617 g/mol. The number of benzene rings is 3. The van der Waals surface area contributed by atoms with E-state index in [1.54, 1.807) is 20.8 Å². The van der Waals surface area contributed by atoms with Gasteiger partial charge in [-0.05, 0) is 0 Å². The first kappa shape index (κ1) is 29.9. The topological polar surface area (TPSA) is 102 Å². The van der Waals surface area contributed by atoms with Gasteiger partial charge in [-0.15, -0.1) is 12.4 Å². The quantitative estimate of drug-likeness (QED) is 0.296. The van der Waals surface area contributed by atoms with Gasteiger partial charge in [0.1, 0.15) is 0 Å². The van der Waals surface area contributed by atoms with Gasteiger partial charge in [-0.3, -0.25) is 0 Å². The molecule has 0 aliphatic rings. The third-order valence-corrected chi connectivity index (χ3v) is 31.7. The summed E-state index contributed by atoms with van der Waals surface area (Å²) in [5.74, 6) is 0. The van der Waals surface area contributed by atoms with Gasteiger partial charge in [0.05, 0.1) is 0 Å². The number of rotatable bonds is 6. The van der Waals surface area contributed by atoms with Crippen molar-refractivity contribution in [3.05, 3.63) is 89.5 Å². The van der Waals surface area contributed by atoms with Gasteiger partial charge in [0, 0.05) is 0 Å². The van der Waals surface area contributed by atoms with E-state index in [1.807, 2.05) is 0 Å². The van der Waals surface area contributed by atoms with Gasteiger partial charge in [-0.1, -0.05) is 0 Å². The Morgan fingerprint density at radius 3 is 0.818 bits per heavy atom. The molecule has 0 aromatic heterocycles. The number of hydrogen-bond acceptors (Lipinski definition) is 6. The van der Waals surface area contributed by atoms with Crippen LogP contribution in [0.25, 0.3) is 0 Å². The fourth-order valence-corrected chi connectivity index (χ4v) is 29.6.